The predicted molar refractivity (Wildman–Crippen MR) is 128 cm³/mol. The van der Waals surface area contributed by atoms with Gasteiger partial charge in [-0.1, -0.05) is 18.2 Å². The maximum absolute atomic E-state index is 15.2. The number of hydrogen-bond acceptors (Lipinski definition) is 3. The standard InChI is InChI=1S/C26H21F3N3O2P/c1-31-20-12-19(22-15(26(31)33)5-4-6-16(22)27)32-18-11-13(7-9-17(18)30-25(20)32)14-8-10-21(35(2,3)34)24(29)23(14)28/h4-11,19-20H,12H2,1-3H3/t19-,20-/m1/s1/i1D3. The molecule has 0 radical (unpaired) electrons. The highest BCUT2D eigenvalue weighted by molar-refractivity contribution is 7.70. The quantitative estimate of drug-likeness (QED) is 0.344. The third kappa shape index (κ3) is 3.05. The van der Waals surface area contributed by atoms with E-state index in [2.05, 4.69) is 4.98 Å². The van der Waals surface area contributed by atoms with Crippen LogP contribution in [0.1, 0.15) is 44.4 Å². The second kappa shape index (κ2) is 7.31. The van der Waals surface area contributed by atoms with Crippen LogP contribution in [0.5, 0.6) is 0 Å². The smallest absolute Gasteiger partial charge is 0.254 e. The van der Waals surface area contributed by atoms with Crippen molar-refractivity contribution in [2.24, 2.45) is 0 Å². The van der Waals surface area contributed by atoms with Crippen LogP contribution in [0.2, 0.25) is 0 Å². The van der Waals surface area contributed by atoms with E-state index in [1.165, 1.54) is 43.7 Å². The highest BCUT2D eigenvalue weighted by Crippen LogP contribution is 2.48. The lowest BCUT2D eigenvalue weighted by Gasteiger charge is -2.23. The van der Waals surface area contributed by atoms with E-state index >= 15 is 8.78 Å². The van der Waals surface area contributed by atoms with Gasteiger partial charge in [-0.15, -0.1) is 0 Å². The third-order valence-corrected chi connectivity index (χ3v) is 8.38. The van der Waals surface area contributed by atoms with E-state index in [-0.39, 0.29) is 34.2 Å². The van der Waals surface area contributed by atoms with Crippen LogP contribution in [-0.4, -0.2) is 40.7 Å². The molecule has 2 bridgehead atoms. The van der Waals surface area contributed by atoms with Crippen molar-refractivity contribution >= 4 is 29.4 Å². The molecule has 0 spiro atoms. The van der Waals surface area contributed by atoms with E-state index in [1.807, 2.05) is 0 Å². The van der Waals surface area contributed by atoms with Crippen LogP contribution in [0, 0.1) is 17.5 Å². The molecular weight excluding hydrogens is 474 g/mol. The van der Waals surface area contributed by atoms with Crippen LogP contribution in [0.25, 0.3) is 22.2 Å². The minimum atomic E-state index is -3.05. The topological polar surface area (TPSA) is 55.2 Å². The van der Waals surface area contributed by atoms with Crippen molar-refractivity contribution in [3.63, 3.8) is 0 Å². The first kappa shape index (κ1) is 18.9. The lowest BCUT2D eigenvalue weighted by Crippen LogP contribution is -2.30. The predicted octanol–water partition coefficient (Wildman–Crippen LogP) is 5.49. The highest BCUT2D eigenvalue weighted by Gasteiger charge is 2.44. The zero-order valence-electron chi connectivity index (χ0n) is 21.7. The Labute approximate surface area is 203 Å². The molecule has 2 atom stereocenters. The molecule has 1 amide bonds. The van der Waals surface area contributed by atoms with Crippen LogP contribution in [0.15, 0.2) is 48.5 Å². The largest absolute Gasteiger partial charge is 0.331 e. The summed E-state index contributed by atoms with van der Waals surface area (Å²) < 4.78 is 83.4. The van der Waals surface area contributed by atoms with Crippen molar-refractivity contribution in [1.29, 1.82) is 0 Å². The molecule has 2 aliphatic heterocycles. The molecule has 3 heterocycles. The summed E-state index contributed by atoms with van der Waals surface area (Å²) >= 11 is 0. The molecule has 0 saturated carbocycles. The second-order valence-electron chi connectivity index (χ2n) is 9.30. The van der Waals surface area contributed by atoms with Crippen molar-refractivity contribution < 1.29 is 26.6 Å². The summed E-state index contributed by atoms with van der Waals surface area (Å²) in [5, 5.41) is -0.184. The number of fused-ring (bicyclic) bond motifs is 9. The Morgan fingerprint density at radius 3 is 2.57 bits per heavy atom. The van der Waals surface area contributed by atoms with Gasteiger partial charge in [-0.3, -0.25) is 4.79 Å². The number of carbonyl (C=O) groups is 1. The Hall–Kier alpha value is -3.38. The Morgan fingerprint density at radius 2 is 1.83 bits per heavy atom. The summed E-state index contributed by atoms with van der Waals surface area (Å²) in [6, 6.07) is 9.69. The Balaban J connectivity index is 1.59. The summed E-state index contributed by atoms with van der Waals surface area (Å²) in [6.45, 7) is -0.0901. The maximum atomic E-state index is 15.2. The average molecular weight is 498 g/mol. The molecular formula is C26H21F3N3O2P. The van der Waals surface area contributed by atoms with Gasteiger partial charge in [-0.2, -0.15) is 0 Å². The van der Waals surface area contributed by atoms with Gasteiger partial charge in [0, 0.05) is 34.2 Å². The monoisotopic (exact) mass is 498 g/mol. The first-order chi connectivity index (χ1) is 17.8. The van der Waals surface area contributed by atoms with Gasteiger partial charge in [-0.25, -0.2) is 18.2 Å². The summed E-state index contributed by atoms with van der Waals surface area (Å²) in [5.74, 6) is -3.49. The molecule has 4 aromatic rings. The summed E-state index contributed by atoms with van der Waals surface area (Å²) in [4.78, 5) is 18.7. The van der Waals surface area contributed by atoms with Crippen molar-refractivity contribution in [1.82, 2.24) is 14.5 Å². The molecule has 1 aromatic heterocycles. The fraction of sp³-hybridized carbons (Fsp3) is 0.231. The summed E-state index contributed by atoms with van der Waals surface area (Å²) in [5.41, 5.74) is 1.17. The van der Waals surface area contributed by atoms with Crippen LogP contribution < -0.4 is 5.30 Å². The lowest BCUT2D eigenvalue weighted by atomic mass is 9.98. The van der Waals surface area contributed by atoms with Crippen LogP contribution >= 0.6 is 7.14 Å². The molecule has 0 saturated heterocycles. The number of carbonyl (C=O) groups excluding carboxylic acids is 1. The van der Waals surface area contributed by atoms with Crippen molar-refractivity contribution in [2.45, 2.75) is 18.5 Å². The Bertz CT molecular complexity index is 1730. The molecule has 0 fully saturated rings. The molecule has 178 valence electrons. The number of benzene rings is 3. The molecule has 6 rings (SSSR count). The first-order valence-electron chi connectivity index (χ1n) is 12.5. The fourth-order valence-corrected chi connectivity index (χ4v) is 6.25. The van der Waals surface area contributed by atoms with Gasteiger partial charge in [0.2, 0.25) is 0 Å². The van der Waals surface area contributed by atoms with Gasteiger partial charge in [-0.05, 0) is 49.2 Å². The van der Waals surface area contributed by atoms with Crippen LogP contribution in [-0.2, 0) is 4.57 Å². The number of halogens is 3. The summed E-state index contributed by atoms with van der Waals surface area (Å²) in [6.07, 6.45) is 0.0978. The number of rotatable bonds is 2. The number of aromatic nitrogens is 2. The minimum absolute atomic E-state index is 0.0375. The van der Waals surface area contributed by atoms with Gasteiger partial charge < -0.3 is 14.0 Å². The first-order valence-corrected chi connectivity index (χ1v) is 13.6. The SMILES string of the molecule is [2H]C([2H])([2H])N1C(=O)c2cccc(F)c2[C@H]2C[C@@H]1c1nc3ccc(-c4ccc(P(C)(C)=O)c(F)c4F)cc3n12. The Kier molecular flexibility index (Phi) is 3.94. The Morgan fingerprint density at radius 1 is 1.03 bits per heavy atom. The molecule has 5 nitrogen and oxygen atoms in total. The van der Waals surface area contributed by atoms with E-state index in [0.717, 1.165) is 4.90 Å². The van der Waals surface area contributed by atoms with Gasteiger partial charge in [0.05, 0.1) is 28.4 Å². The normalized spacial score (nSPS) is 20.8. The van der Waals surface area contributed by atoms with E-state index in [1.54, 1.807) is 22.8 Å². The van der Waals surface area contributed by atoms with E-state index < -0.39 is 49.6 Å². The molecule has 0 aliphatic carbocycles. The van der Waals surface area contributed by atoms with E-state index in [0.29, 0.717) is 16.6 Å². The summed E-state index contributed by atoms with van der Waals surface area (Å²) in [7, 11) is -3.05. The van der Waals surface area contributed by atoms with Crippen molar-refractivity contribution in [2.75, 3.05) is 20.3 Å². The van der Waals surface area contributed by atoms with Gasteiger partial charge in [0.1, 0.15) is 18.8 Å². The molecule has 3 aromatic carbocycles. The fourth-order valence-electron chi connectivity index (χ4n) is 5.24. The molecule has 9 heteroatoms. The van der Waals surface area contributed by atoms with E-state index in [9.17, 15) is 13.8 Å². The van der Waals surface area contributed by atoms with Crippen molar-refractivity contribution in [3.05, 3.63) is 82.9 Å². The van der Waals surface area contributed by atoms with Crippen molar-refractivity contribution in [3.8, 4) is 11.1 Å². The lowest BCUT2D eigenvalue weighted by molar-refractivity contribution is 0.0734. The number of nitrogens with zero attached hydrogens (tertiary/aromatic N) is 3. The maximum Gasteiger partial charge on any atom is 0.254 e. The number of imidazole rings is 1. The van der Waals surface area contributed by atoms with Crippen LogP contribution in [0.3, 0.4) is 0 Å². The molecule has 0 N–H and O–H groups in total. The molecule has 35 heavy (non-hydrogen) atoms. The van der Waals surface area contributed by atoms with Crippen LogP contribution in [0.4, 0.5) is 13.2 Å². The molecule has 0 unspecified atom stereocenters. The number of hydrogen-bond donors (Lipinski definition) is 0. The van der Waals surface area contributed by atoms with Gasteiger partial charge in [0.15, 0.2) is 11.6 Å². The third-order valence-electron chi connectivity index (χ3n) is 6.87. The second-order valence-corrected chi connectivity index (χ2v) is 12.5. The highest BCUT2D eigenvalue weighted by atomic mass is 31.2. The molecule has 2 aliphatic rings. The number of amides is 1. The average Bonchev–Trinajstić information content (AvgIpc) is 3.32. The van der Waals surface area contributed by atoms with Gasteiger partial charge >= 0.3 is 0 Å². The van der Waals surface area contributed by atoms with Gasteiger partial charge in [0.25, 0.3) is 5.91 Å². The van der Waals surface area contributed by atoms with E-state index in [4.69, 9.17) is 4.11 Å². The zero-order chi connectivity index (χ0) is 27.3. The zero-order valence-corrected chi connectivity index (χ0v) is 19.6. The minimum Gasteiger partial charge on any atom is -0.331 e.